The van der Waals surface area contributed by atoms with E-state index >= 15 is 0 Å². The number of piperidine rings is 1. The molecule has 0 saturated carbocycles. The maximum Gasteiger partial charge on any atom is 0.159 e. The van der Waals surface area contributed by atoms with Gasteiger partial charge in [-0.05, 0) is 76.5 Å². The first-order valence-electron chi connectivity index (χ1n) is 7.45. The van der Waals surface area contributed by atoms with Crippen LogP contribution in [0.5, 0.6) is 0 Å². The van der Waals surface area contributed by atoms with Crippen LogP contribution in [-0.4, -0.2) is 31.6 Å². The summed E-state index contributed by atoms with van der Waals surface area (Å²) in [5.74, 6) is -0.735. The number of likely N-dealkylation sites (tertiary alicyclic amines) is 1. The van der Waals surface area contributed by atoms with Crippen molar-refractivity contribution >= 4 is 12.4 Å². The van der Waals surface area contributed by atoms with Crippen molar-refractivity contribution in [3.8, 4) is 0 Å². The average Bonchev–Trinajstić information content (AvgIpc) is 2.48. The minimum Gasteiger partial charge on any atom is -0.320 e. The van der Waals surface area contributed by atoms with Crippen molar-refractivity contribution in [3.05, 3.63) is 35.4 Å². The lowest BCUT2D eigenvalue weighted by molar-refractivity contribution is 0.137. The van der Waals surface area contributed by atoms with Crippen LogP contribution in [0.15, 0.2) is 18.2 Å². The van der Waals surface area contributed by atoms with Gasteiger partial charge in [-0.2, -0.15) is 0 Å². The number of hydrogen-bond acceptors (Lipinski definition) is 2. The number of benzene rings is 1. The number of halogens is 3. The highest BCUT2D eigenvalue weighted by atomic mass is 35.5. The fraction of sp³-hybridized carbons (Fsp3) is 0.625. The van der Waals surface area contributed by atoms with Gasteiger partial charge in [-0.15, -0.1) is 12.4 Å². The van der Waals surface area contributed by atoms with Gasteiger partial charge in [-0.1, -0.05) is 6.07 Å². The van der Waals surface area contributed by atoms with Gasteiger partial charge in [-0.3, -0.25) is 4.90 Å². The van der Waals surface area contributed by atoms with Gasteiger partial charge < -0.3 is 5.32 Å². The first kappa shape index (κ1) is 18.3. The fourth-order valence-electron chi connectivity index (χ4n) is 2.96. The Kier molecular flexibility index (Phi) is 7.57. The van der Waals surface area contributed by atoms with E-state index in [1.807, 2.05) is 7.05 Å². The molecule has 0 aromatic heterocycles. The van der Waals surface area contributed by atoms with E-state index in [1.165, 1.54) is 31.4 Å². The summed E-state index contributed by atoms with van der Waals surface area (Å²) in [4.78, 5) is 2.36. The molecule has 1 atom stereocenters. The molecule has 5 heteroatoms. The second kappa shape index (κ2) is 8.66. The van der Waals surface area contributed by atoms with Crippen LogP contribution in [0.25, 0.3) is 0 Å². The van der Waals surface area contributed by atoms with E-state index in [-0.39, 0.29) is 18.4 Å². The maximum atomic E-state index is 13.3. The lowest BCUT2D eigenvalue weighted by Crippen LogP contribution is -2.36. The second-order valence-corrected chi connectivity index (χ2v) is 5.72. The third-order valence-electron chi connectivity index (χ3n) is 4.43. The molecule has 0 radical (unpaired) electrons. The van der Waals surface area contributed by atoms with E-state index in [9.17, 15) is 8.78 Å². The summed E-state index contributed by atoms with van der Waals surface area (Å²) < 4.78 is 26.3. The molecule has 1 saturated heterocycles. The van der Waals surface area contributed by atoms with Crippen molar-refractivity contribution in [1.82, 2.24) is 10.2 Å². The summed E-state index contributed by atoms with van der Waals surface area (Å²) in [5, 5.41) is 3.20. The summed E-state index contributed by atoms with van der Waals surface area (Å²) in [5.41, 5.74) is 0.859. The highest BCUT2D eigenvalue weighted by Gasteiger charge is 2.23. The quantitative estimate of drug-likeness (QED) is 0.889. The molecule has 1 heterocycles. The largest absolute Gasteiger partial charge is 0.320 e. The zero-order valence-electron chi connectivity index (χ0n) is 12.7. The molecular weight excluding hydrogens is 294 g/mol. The fourth-order valence-corrected chi connectivity index (χ4v) is 2.96. The molecule has 0 bridgehead atoms. The first-order chi connectivity index (χ1) is 9.61. The molecule has 1 aromatic rings. The molecular formula is C16H25ClF2N2. The topological polar surface area (TPSA) is 15.3 Å². The van der Waals surface area contributed by atoms with Crippen LogP contribution in [0.2, 0.25) is 0 Å². The van der Waals surface area contributed by atoms with Crippen molar-refractivity contribution in [2.45, 2.75) is 32.2 Å². The molecule has 21 heavy (non-hydrogen) atoms. The molecule has 120 valence electrons. The number of hydrogen-bond donors (Lipinski definition) is 1. The van der Waals surface area contributed by atoms with Crippen molar-refractivity contribution < 1.29 is 8.78 Å². The van der Waals surface area contributed by atoms with Gasteiger partial charge in [0.15, 0.2) is 11.6 Å². The second-order valence-electron chi connectivity index (χ2n) is 5.72. The van der Waals surface area contributed by atoms with Crippen LogP contribution in [0.3, 0.4) is 0 Å². The summed E-state index contributed by atoms with van der Waals surface area (Å²) in [6.07, 6.45) is 3.61. The zero-order valence-corrected chi connectivity index (χ0v) is 13.6. The highest BCUT2D eigenvalue weighted by Crippen LogP contribution is 2.28. The number of rotatable bonds is 5. The molecule has 1 aliphatic rings. The Balaban J connectivity index is 0.00000220. The third kappa shape index (κ3) is 4.90. The van der Waals surface area contributed by atoms with Crippen LogP contribution in [-0.2, 0) is 0 Å². The molecule has 0 amide bonds. The Morgan fingerprint density at radius 3 is 2.48 bits per heavy atom. The predicted octanol–water partition coefficient (Wildman–Crippen LogP) is 3.77. The highest BCUT2D eigenvalue weighted by molar-refractivity contribution is 5.85. The molecule has 1 N–H and O–H groups in total. The van der Waals surface area contributed by atoms with Gasteiger partial charge in [0, 0.05) is 6.04 Å². The van der Waals surface area contributed by atoms with Gasteiger partial charge in [0.1, 0.15) is 0 Å². The minimum absolute atomic E-state index is 0. The van der Waals surface area contributed by atoms with Gasteiger partial charge in [-0.25, -0.2) is 8.78 Å². The Labute approximate surface area is 132 Å². The Morgan fingerprint density at radius 2 is 1.90 bits per heavy atom. The van der Waals surface area contributed by atoms with Crippen molar-refractivity contribution in [1.29, 1.82) is 0 Å². The third-order valence-corrected chi connectivity index (χ3v) is 4.43. The van der Waals surface area contributed by atoms with E-state index < -0.39 is 11.6 Å². The van der Waals surface area contributed by atoms with Crippen LogP contribution in [0, 0.1) is 17.6 Å². The van der Waals surface area contributed by atoms with Gasteiger partial charge in [0.2, 0.25) is 0 Å². The van der Waals surface area contributed by atoms with Gasteiger partial charge >= 0.3 is 0 Å². The predicted molar refractivity (Wildman–Crippen MR) is 84.9 cm³/mol. The molecule has 1 unspecified atom stereocenters. The molecule has 2 rings (SSSR count). The monoisotopic (exact) mass is 318 g/mol. The molecule has 1 aliphatic heterocycles. The van der Waals surface area contributed by atoms with E-state index in [1.54, 1.807) is 6.07 Å². The molecule has 2 nitrogen and oxygen atoms in total. The normalized spacial score (nSPS) is 18.3. The first-order valence-corrected chi connectivity index (χ1v) is 7.45. The van der Waals surface area contributed by atoms with E-state index in [0.29, 0.717) is 0 Å². The minimum atomic E-state index is -0.772. The van der Waals surface area contributed by atoms with Crippen LogP contribution in [0.1, 0.15) is 37.8 Å². The summed E-state index contributed by atoms with van der Waals surface area (Å²) in [6, 6.07) is 4.39. The van der Waals surface area contributed by atoms with Gasteiger partial charge in [0.05, 0.1) is 0 Å². The average molecular weight is 319 g/mol. The summed E-state index contributed by atoms with van der Waals surface area (Å²) in [6.45, 7) is 5.22. The van der Waals surface area contributed by atoms with Crippen molar-refractivity contribution in [2.75, 3.05) is 26.7 Å². The SMILES string of the molecule is CNCCC1CCN(C(C)c2ccc(F)c(F)c2)CC1.Cl. The maximum absolute atomic E-state index is 13.3. The molecule has 1 aromatic carbocycles. The van der Waals surface area contributed by atoms with Crippen molar-refractivity contribution in [3.63, 3.8) is 0 Å². The summed E-state index contributed by atoms with van der Waals surface area (Å²) >= 11 is 0. The standard InChI is InChI=1S/C16H24F2N2.ClH/c1-12(14-3-4-15(17)16(18)11-14)20-9-6-13(7-10-20)5-8-19-2;/h3-4,11-13,19H,5-10H2,1-2H3;1H. The van der Waals surface area contributed by atoms with E-state index in [4.69, 9.17) is 0 Å². The summed E-state index contributed by atoms with van der Waals surface area (Å²) in [7, 11) is 1.99. The lowest BCUT2D eigenvalue weighted by atomic mass is 9.92. The Hall–Kier alpha value is -0.710. The van der Waals surface area contributed by atoms with Crippen molar-refractivity contribution in [2.24, 2.45) is 5.92 Å². The number of nitrogens with zero attached hydrogens (tertiary/aromatic N) is 1. The van der Waals surface area contributed by atoms with Crippen LogP contribution in [0.4, 0.5) is 8.78 Å². The molecule has 1 fully saturated rings. The van der Waals surface area contributed by atoms with Gasteiger partial charge in [0.25, 0.3) is 0 Å². The van der Waals surface area contributed by atoms with E-state index in [0.717, 1.165) is 31.1 Å². The van der Waals surface area contributed by atoms with Crippen LogP contribution < -0.4 is 5.32 Å². The Bertz CT molecular complexity index is 434. The Morgan fingerprint density at radius 1 is 1.24 bits per heavy atom. The smallest absolute Gasteiger partial charge is 0.159 e. The molecule has 0 spiro atoms. The number of nitrogens with one attached hydrogen (secondary N) is 1. The van der Waals surface area contributed by atoms with Crippen LogP contribution >= 0.6 is 12.4 Å². The molecule has 0 aliphatic carbocycles. The van der Waals surface area contributed by atoms with E-state index in [2.05, 4.69) is 17.1 Å². The lowest BCUT2D eigenvalue weighted by Gasteiger charge is -2.36. The zero-order chi connectivity index (χ0) is 14.5.